The third-order valence-electron chi connectivity index (χ3n) is 1.69. The maximum absolute atomic E-state index is 5.68. The second-order valence-electron chi connectivity index (χ2n) is 2.55. The van der Waals surface area contributed by atoms with Gasteiger partial charge in [-0.1, -0.05) is 6.07 Å². The fourth-order valence-electron chi connectivity index (χ4n) is 1.12. The molecule has 4 heteroatoms. The van der Waals surface area contributed by atoms with Crippen LogP contribution in [-0.2, 0) is 5.88 Å². The largest absolute Gasteiger partial charge is 0.333 e. The van der Waals surface area contributed by atoms with Crippen molar-refractivity contribution in [2.45, 2.75) is 11.0 Å². The van der Waals surface area contributed by atoms with Crippen LogP contribution in [0, 0.1) is 0 Å². The molecule has 0 radical (unpaired) electrons. The second kappa shape index (κ2) is 2.99. The van der Waals surface area contributed by atoms with Crippen LogP contribution >= 0.6 is 24.2 Å². The van der Waals surface area contributed by atoms with Gasteiger partial charge < -0.3 is 4.98 Å². The van der Waals surface area contributed by atoms with Crippen molar-refractivity contribution >= 4 is 35.3 Å². The Hall–Kier alpha value is -0.670. The summed E-state index contributed by atoms with van der Waals surface area (Å²) in [6.45, 7) is 0. The van der Waals surface area contributed by atoms with Gasteiger partial charge in [-0.2, -0.15) is 0 Å². The number of nitrogens with zero attached hydrogens (tertiary/aromatic N) is 1. The van der Waals surface area contributed by atoms with Crippen LogP contribution in [0.25, 0.3) is 11.0 Å². The van der Waals surface area contributed by atoms with Gasteiger partial charge in [-0.15, -0.1) is 24.2 Å². The molecule has 0 aliphatic carbocycles. The highest BCUT2D eigenvalue weighted by molar-refractivity contribution is 7.80. The maximum Gasteiger partial charge on any atom is 0.163 e. The molecule has 2 rings (SSSR count). The van der Waals surface area contributed by atoms with Crippen molar-refractivity contribution in [2.75, 3.05) is 0 Å². The third kappa shape index (κ3) is 1.30. The minimum Gasteiger partial charge on any atom is -0.333 e. The van der Waals surface area contributed by atoms with Gasteiger partial charge in [-0.25, -0.2) is 4.98 Å². The fourth-order valence-corrected chi connectivity index (χ4v) is 1.52. The molecular formula is C8H7ClN2S. The zero-order valence-electron chi connectivity index (χ0n) is 6.21. The molecule has 0 amide bonds. The lowest BCUT2D eigenvalue weighted by Crippen LogP contribution is -1.76. The molecule has 0 bridgehead atoms. The Kier molecular flexibility index (Phi) is 1.98. The Balaban J connectivity index is 2.66. The Labute approximate surface area is 80.4 Å². The predicted molar refractivity (Wildman–Crippen MR) is 52.9 cm³/mol. The molecule has 0 spiro atoms. The van der Waals surface area contributed by atoms with Crippen LogP contribution in [0.4, 0.5) is 0 Å². The third-order valence-corrected chi connectivity index (χ3v) is 2.21. The molecule has 0 atom stereocenters. The molecule has 0 saturated heterocycles. The van der Waals surface area contributed by atoms with Gasteiger partial charge in [0.2, 0.25) is 0 Å². The van der Waals surface area contributed by atoms with E-state index in [0.29, 0.717) is 11.0 Å². The number of aromatic amines is 1. The molecular weight excluding hydrogens is 192 g/mol. The molecule has 12 heavy (non-hydrogen) atoms. The second-order valence-corrected chi connectivity index (χ2v) is 3.24. The van der Waals surface area contributed by atoms with Crippen molar-refractivity contribution in [3.05, 3.63) is 23.8 Å². The Morgan fingerprint density at radius 3 is 3.08 bits per heavy atom. The first-order valence-corrected chi connectivity index (χ1v) is 4.51. The van der Waals surface area contributed by atoms with E-state index >= 15 is 0 Å². The monoisotopic (exact) mass is 198 g/mol. The van der Waals surface area contributed by atoms with Gasteiger partial charge in [-0.05, 0) is 17.7 Å². The number of aromatic nitrogens is 2. The highest BCUT2D eigenvalue weighted by Gasteiger charge is 1.99. The van der Waals surface area contributed by atoms with E-state index in [2.05, 4.69) is 22.6 Å². The van der Waals surface area contributed by atoms with Gasteiger partial charge in [0, 0.05) is 5.88 Å². The van der Waals surface area contributed by atoms with Crippen molar-refractivity contribution in [3.8, 4) is 0 Å². The zero-order valence-corrected chi connectivity index (χ0v) is 7.86. The summed E-state index contributed by atoms with van der Waals surface area (Å²) < 4.78 is 0. The molecule has 62 valence electrons. The average molecular weight is 199 g/mol. The topological polar surface area (TPSA) is 28.7 Å². The van der Waals surface area contributed by atoms with Crippen LogP contribution in [0.2, 0.25) is 0 Å². The summed E-state index contributed by atoms with van der Waals surface area (Å²) >= 11 is 9.78. The van der Waals surface area contributed by atoms with Gasteiger partial charge in [0.05, 0.1) is 11.0 Å². The number of H-pyrrole nitrogens is 1. The minimum atomic E-state index is 0.519. The Morgan fingerprint density at radius 1 is 1.50 bits per heavy atom. The average Bonchev–Trinajstić information content (AvgIpc) is 2.43. The summed E-state index contributed by atoms with van der Waals surface area (Å²) in [5.41, 5.74) is 2.98. The lowest BCUT2D eigenvalue weighted by molar-refractivity contribution is 1.09. The number of imidazole rings is 1. The molecule has 0 aliphatic heterocycles. The molecule has 1 aromatic heterocycles. The SMILES string of the molecule is Sc1nc2cc(CCl)ccc2[nH]1. The zero-order chi connectivity index (χ0) is 8.55. The lowest BCUT2D eigenvalue weighted by Gasteiger charge is -1.92. The molecule has 0 unspecified atom stereocenters. The predicted octanol–water partition coefficient (Wildman–Crippen LogP) is 2.59. The molecule has 0 aliphatic rings. The van der Waals surface area contributed by atoms with Crippen LogP contribution in [-0.4, -0.2) is 9.97 Å². The molecule has 1 aromatic carbocycles. The van der Waals surface area contributed by atoms with Crippen molar-refractivity contribution in [2.24, 2.45) is 0 Å². The highest BCUT2D eigenvalue weighted by atomic mass is 35.5. The molecule has 2 nitrogen and oxygen atoms in total. The number of thiol groups is 1. The number of hydrogen-bond acceptors (Lipinski definition) is 2. The molecule has 1 N–H and O–H groups in total. The van der Waals surface area contributed by atoms with Gasteiger partial charge >= 0.3 is 0 Å². The van der Waals surface area contributed by atoms with E-state index in [4.69, 9.17) is 11.6 Å². The van der Waals surface area contributed by atoms with Crippen molar-refractivity contribution in [1.82, 2.24) is 9.97 Å². The van der Waals surface area contributed by atoms with Crippen molar-refractivity contribution in [1.29, 1.82) is 0 Å². The summed E-state index contributed by atoms with van der Waals surface area (Å²) in [7, 11) is 0. The van der Waals surface area contributed by atoms with Crippen LogP contribution < -0.4 is 0 Å². The summed E-state index contributed by atoms with van der Waals surface area (Å²) in [5.74, 6) is 0.519. The quantitative estimate of drug-likeness (QED) is 0.535. The lowest BCUT2D eigenvalue weighted by atomic mass is 10.2. The number of rotatable bonds is 1. The van der Waals surface area contributed by atoms with Crippen LogP contribution in [0.5, 0.6) is 0 Å². The van der Waals surface area contributed by atoms with Gasteiger partial charge in [0.25, 0.3) is 0 Å². The summed E-state index contributed by atoms with van der Waals surface area (Å²) in [5, 5.41) is 0.636. The number of alkyl halides is 1. The molecule has 1 heterocycles. The standard InChI is InChI=1S/C8H7ClN2S/c9-4-5-1-2-6-7(3-5)11-8(12)10-6/h1-3H,4H2,(H2,10,11,12). The van der Waals surface area contributed by atoms with E-state index in [-0.39, 0.29) is 0 Å². The Bertz CT molecular complexity index is 410. The van der Waals surface area contributed by atoms with Gasteiger partial charge in [0.15, 0.2) is 5.16 Å². The molecule has 0 saturated carbocycles. The van der Waals surface area contributed by atoms with Crippen molar-refractivity contribution in [3.63, 3.8) is 0 Å². The van der Waals surface area contributed by atoms with Crippen LogP contribution in [0.3, 0.4) is 0 Å². The first kappa shape index (κ1) is 7.95. The fraction of sp³-hybridized carbons (Fsp3) is 0.125. The van der Waals surface area contributed by atoms with E-state index < -0.39 is 0 Å². The summed E-state index contributed by atoms with van der Waals surface area (Å²) in [4.78, 5) is 7.19. The number of benzene rings is 1. The summed E-state index contributed by atoms with van der Waals surface area (Å²) in [6, 6.07) is 5.89. The Morgan fingerprint density at radius 2 is 2.33 bits per heavy atom. The van der Waals surface area contributed by atoms with Crippen LogP contribution in [0.1, 0.15) is 5.56 Å². The first-order valence-electron chi connectivity index (χ1n) is 3.53. The maximum atomic E-state index is 5.68. The minimum absolute atomic E-state index is 0.519. The van der Waals surface area contributed by atoms with E-state index in [0.717, 1.165) is 16.6 Å². The van der Waals surface area contributed by atoms with E-state index in [9.17, 15) is 0 Å². The number of nitrogens with one attached hydrogen (secondary N) is 1. The van der Waals surface area contributed by atoms with E-state index in [1.54, 1.807) is 0 Å². The van der Waals surface area contributed by atoms with Crippen LogP contribution in [0.15, 0.2) is 23.4 Å². The highest BCUT2D eigenvalue weighted by Crippen LogP contribution is 2.16. The molecule has 2 aromatic rings. The van der Waals surface area contributed by atoms with Gasteiger partial charge in [0.1, 0.15) is 0 Å². The first-order chi connectivity index (χ1) is 5.79. The smallest absolute Gasteiger partial charge is 0.163 e. The van der Waals surface area contributed by atoms with E-state index in [1.165, 1.54) is 0 Å². The van der Waals surface area contributed by atoms with E-state index in [1.807, 2.05) is 18.2 Å². The van der Waals surface area contributed by atoms with Crippen molar-refractivity contribution < 1.29 is 0 Å². The summed E-state index contributed by atoms with van der Waals surface area (Å²) in [6.07, 6.45) is 0. The molecule has 0 fully saturated rings. The number of halogens is 1. The number of hydrogen-bond donors (Lipinski definition) is 2. The number of fused-ring (bicyclic) bond motifs is 1. The van der Waals surface area contributed by atoms with Gasteiger partial charge in [-0.3, -0.25) is 0 Å². The normalized spacial score (nSPS) is 10.8.